The van der Waals surface area contributed by atoms with Crippen molar-refractivity contribution in [3.8, 4) is 5.75 Å². The Labute approximate surface area is 189 Å². The van der Waals surface area contributed by atoms with Crippen molar-refractivity contribution in [2.45, 2.75) is 30.2 Å². The van der Waals surface area contributed by atoms with Gasteiger partial charge >= 0.3 is 0 Å². The van der Waals surface area contributed by atoms with Gasteiger partial charge in [-0.25, -0.2) is 8.78 Å². The number of rotatable bonds is 6. The van der Waals surface area contributed by atoms with E-state index >= 15 is 0 Å². The Morgan fingerprint density at radius 1 is 0.903 bits per heavy atom. The molecule has 0 aromatic heterocycles. The predicted octanol–water partition coefficient (Wildman–Crippen LogP) is 6.13. The van der Waals surface area contributed by atoms with Gasteiger partial charge in [0.1, 0.15) is 21.7 Å². The van der Waals surface area contributed by atoms with Gasteiger partial charge in [0.15, 0.2) is 0 Å². The van der Waals surface area contributed by atoms with Crippen LogP contribution in [0.1, 0.15) is 36.1 Å². The fraction of sp³-hybridized carbons (Fsp3) is 0.208. The van der Waals surface area contributed by atoms with Crippen LogP contribution in [0.15, 0.2) is 72.8 Å². The normalized spacial score (nSPS) is 19.6. The highest BCUT2D eigenvalue weighted by Gasteiger charge is 2.40. The molecule has 3 aromatic carbocycles. The second-order valence-corrected chi connectivity index (χ2v) is 9.32. The third kappa shape index (κ3) is 4.89. The van der Waals surface area contributed by atoms with Gasteiger partial charge in [0, 0.05) is 10.9 Å². The van der Waals surface area contributed by atoms with Crippen LogP contribution in [0.25, 0.3) is 0 Å². The lowest BCUT2D eigenvalue weighted by Gasteiger charge is -2.29. The van der Waals surface area contributed by atoms with Gasteiger partial charge < -0.3 is 15.1 Å². The molecule has 0 spiro atoms. The minimum Gasteiger partial charge on any atom is -0.508 e. The molecule has 0 radical (unpaired) electrons. The molecule has 4 rings (SSSR count). The van der Waals surface area contributed by atoms with Crippen molar-refractivity contribution < 1.29 is 19.0 Å². The van der Waals surface area contributed by atoms with Crippen LogP contribution in [0.2, 0.25) is 0 Å². The van der Waals surface area contributed by atoms with Crippen molar-refractivity contribution in [1.82, 2.24) is 0 Å². The molecule has 1 fully saturated rings. The number of thiocarbonyl (C=S) groups is 1. The maximum Gasteiger partial charge on any atom is 0.141 e. The van der Waals surface area contributed by atoms with Crippen molar-refractivity contribution in [1.29, 1.82) is 0 Å². The molecule has 3 aromatic rings. The summed E-state index contributed by atoms with van der Waals surface area (Å²) in [6.45, 7) is 0. The van der Waals surface area contributed by atoms with Crippen molar-refractivity contribution >= 4 is 34.0 Å². The Bertz CT molecular complexity index is 1040. The van der Waals surface area contributed by atoms with Crippen LogP contribution in [0.3, 0.4) is 0 Å². The van der Waals surface area contributed by atoms with E-state index in [2.05, 4.69) is 0 Å². The van der Waals surface area contributed by atoms with Gasteiger partial charge in [0.25, 0.3) is 0 Å². The Morgan fingerprint density at radius 2 is 1.48 bits per heavy atom. The van der Waals surface area contributed by atoms with E-state index in [1.807, 2.05) is 17.0 Å². The summed E-state index contributed by atoms with van der Waals surface area (Å²) < 4.78 is 27.3. The van der Waals surface area contributed by atoms with Gasteiger partial charge in [-0.1, -0.05) is 48.2 Å². The molecule has 0 saturated carbocycles. The molecule has 0 bridgehead atoms. The molecule has 160 valence electrons. The highest BCUT2D eigenvalue weighted by atomic mass is 32.2. The van der Waals surface area contributed by atoms with E-state index in [1.54, 1.807) is 48.2 Å². The zero-order valence-electron chi connectivity index (χ0n) is 16.5. The van der Waals surface area contributed by atoms with Crippen LogP contribution < -0.4 is 4.90 Å². The van der Waals surface area contributed by atoms with E-state index < -0.39 is 6.10 Å². The molecule has 1 aliphatic rings. The summed E-state index contributed by atoms with van der Waals surface area (Å²) in [6, 6.07) is 18.9. The molecule has 7 heteroatoms. The second kappa shape index (κ2) is 9.34. The number of halogens is 2. The maximum absolute atomic E-state index is 13.5. The smallest absolute Gasteiger partial charge is 0.141 e. The first-order chi connectivity index (χ1) is 14.9. The first-order valence-electron chi connectivity index (χ1n) is 9.90. The molecule has 3 atom stereocenters. The summed E-state index contributed by atoms with van der Waals surface area (Å²) in [5.41, 5.74) is 2.43. The summed E-state index contributed by atoms with van der Waals surface area (Å²) in [5.74, 6) is -0.481. The zero-order chi connectivity index (χ0) is 22.0. The second-order valence-electron chi connectivity index (χ2n) is 7.45. The standard InChI is InChI=1S/C24H21F2NO2S2/c25-17-5-1-15(2-6-17)21(29)13-14-22-23(16-3-11-20(28)12-4-16)27(24(30)31-22)19-9-7-18(26)8-10-19/h1-12,21-23,28-29H,13-14H2. The van der Waals surface area contributed by atoms with Gasteiger partial charge in [-0.3, -0.25) is 0 Å². The summed E-state index contributed by atoms with van der Waals surface area (Å²) >= 11 is 7.21. The average molecular weight is 458 g/mol. The van der Waals surface area contributed by atoms with Gasteiger partial charge in [0.2, 0.25) is 0 Å². The highest BCUT2D eigenvalue weighted by molar-refractivity contribution is 8.24. The summed E-state index contributed by atoms with van der Waals surface area (Å²) in [6.07, 6.45) is 0.430. The van der Waals surface area contributed by atoms with Crippen molar-refractivity contribution in [2.75, 3.05) is 4.90 Å². The largest absolute Gasteiger partial charge is 0.508 e. The third-order valence-corrected chi connectivity index (χ3v) is 7.08. The Morgan fingerprint density at radius 3 is 2.10 bits per heavy atom. The fourth-order valence-corrected chi connectivity index (χ4v) is 5.67. The number of aliphatic hydroxyl groups is 1. The Kier molecular flexibility index (Phi) is 6.55. The monoisotopic (exact) mass is 457 g/mol. The number of nitrogens with zero attached hydrogens (tertiary/aromatic N) is 1. The van der Waals surface area contributed by atoms with E-state index in [0.29, 0.717) is 22.7 Å². The lowest BCUT2D eigenvalue weighted by Crippen LogP contribution is -2.29. The lowest BCUT2D eigenvalue weighted by atomic mass is 9.96. The molecule has 31 heavy (non-hydrogen) atoms. The molecule has 2 N–H and O–H groups in total. The van der Waals surface area contributed by atoms with Gasteiger partial charge in [-0.2, -0.15) is 0 Å². The number of aromatic hydroxyl groups is 1. The number of phenols is 1. The van der Waals surface area contributed by atoms with E-state index in [4.69, 9.17) is 12.2 Å². The van der Waals surface area contributed by atoms with Crippen LogP contribution in [0, 0.1) is 11.6 Å². The molecular formula is C24H21F2NO2S2. The average Bonchev–Trinajstić information content (AvgIpc) is 3.09. The van der Waals surface area contributed by atoms with Gasteiger partial charge in [-0.15, -0.1) is 0 Å². The molecule has 1 aliphatic heterocycles. The molecule has 1 saturated heterocycles. The number of benzene rings is 3. The minimum atomic E-state index is -0.713. The number of thioether (sulfide) groups is 1. The molecule has 1 heterocycles. The Hall–Kier alpha value is -2.48. The SMILES string of the molecule is Oc1ccc(C2C(CCC(O)c3ccc(F)cc3)SC(=S)N2c2ccc(F)cc2)cc1. The van der Waals surface area contributed by atoms with Crippen molar-refractivity contribution in [3.05, 3.63) is 95.6 Å². The fourth-order valence-electron chi connectivity index (χ4n) is 3.82. The lowest BCUT2D eigenvalue weighted by molar-refractivity contribution is 0.163. The quantitative estimate of drug-likeness (QED) is 0.436. The van der Waals surface area contributed by atoms with Crippen LogP contribution >= 0.6 is 24.0 Å². The van der Waals surface area contributed by atoms with E-state index in [0.717, 1.165) is 11.3 Å². The molecule has 0 aliphatic carbocycles. The van der Waals surface area contributed by atoms with Crippen LogP contribution in [0.5, 0.6) is 5.75 Å². The summed E-state index contributed by atoms with van der Waals surface area (Å²) in [4.78, 5) is 2.00. The maximum atomic E-state index is 13.5. The number of aliphatic hydroxyl groups excluding tert-OH is 1. The molecule has 3 nitrogen and oxygen atoms in total. The summed E-state index contributed by atoms with van der Waals surface area (Å²) in [5, 5.41) is 20.3. The topological polar surface area (TPSA) is 43.7 Å². The van der Waals surface area contributed by atoms with Crippen molar-refractivity contribution in [3.63, 3.8) is 0 Å². The highest BCUT2D eigenvalue weighted by Crippen LogP contribution is 2.47. The summed E-state index contributed by atoms with van der Waals surface area (Å²) in [7, 11) is 0. The van der Waals surface area contributed by atoms with E-state index in [-0.39, 0.29) is 28.7 Å². The van der Waals surface area contributed by atoms with Gasteiger partial charge in [0.05, 0.1) is 12.1 Å². The molecule has 3 unspecified atom stereocenters. The van der Waals surface area contributed by atoms with E-state index in [9.17, 15) is 19.0 Å². The third-order valence-electron chi connectivity index (χ3n) is 5.40. The minimum absolute atomic E-state index is 0.0391. The number of hydrogen-bond acceptors (Lipinski definition) is 4. The first kappa shape index (κ1) is 21.7. The molecular weight excluding hydrogens is 436 g/mol. The van der Waals surface area contributed by atoms with Crippen LogP contribution in [0.4, 0.5) is 14.5 Å². The molecule has 0 amide bonds. The number of hydrogen-bond donors (Lipinski definition) is 2. The Balaban J connectivity index is 1.59. The number of anilines is 1. The first-order valence-corrected chi connectivity index (χ1v) is 11.2. The predicted molar refractivity (Wildman–Crippen MR) is 124 cm³/mol. The van der Waals surface area contributed by atoms with Crippen LogP contribution in [-0.4, -0.2) is 19.8 Å². The number of phenolic OH excluding ortho intramolecular Hbond substituents is 1. The van der Waals surface area contributed by atoms with Crippen molar-refractivity contribution in [2.24, 2.45) is 0 Å². The van der Waals surface area contributed by atoms with E-state index in [1.165, 1.54) is 24.3 Å². The van der Waals surface area contributed by atoms with Crippen LogP contribution in [-0.2, 0) is 0 Å². The zero-order valence-corrected chi connectivity index (χ0v) is 18.1. The van der Waals surface area contributed by atoms with Gasteiger partial charge in [-0.05, 0) is 72.5 Å².